The minimum absolute atomic E-state index is 0.422. The Morgan fingerprint density at radius 3 is 1.96 bits per heavy atom. The molecular weight excluding hydrogens is 639 g/mol. The molecule has 1 atom stereocenters. The molecule has 0 saturated heterocycles. The molecular formula is C47H29N3O2. The van der Waals surface area contributed by atoms with Crippen LogP contribution < -0.4 is 5.32 Å². The van der Waals surface area contributed by atoms with E-state index in [0.717, 1.165) is 77.5 Å². The number of rotatable bonds is 4. The first-order chi connectivity index (χ1) is 25.8. The normalized spacial score (nSPS) is 14.7. The average molecular weight is 668 g/mol. The van der Waals surface area contributed by atoms with Gasteiger partial charge < -0.3 is 14.2 Å². The summed E-state index contributed by atoms with van der Waals surface area (Å²) in [5.74, 6) is 1.40. The van der Waals surface area contributed by atoms with E-state index in [1.54, 1.807) is 0 Å². The van der Waals surface area contributed by atoms with E-state index in [0.29, 0.717) is 5.84 Å². The molecule has 0 aliphatic carbocycles. The molecule has 1 unspecified atom stereocenters. The number of fused-ring (bicyclic) bond motifs is 9. The fraction of sp³-hybridized carbons (Fsp3) is 0.0213. The highest BCUT2D eigenvalue weighted by atomic mass is 16.3. The van der Waals surface area contributed by atoms with Gasteiger partial charge in [-0.05, 0) is 63.5 Å². The van der Waals surface area contributed by atoms with Crippen molar-refractivity contribution in [2.75, 3.05) is 0 Å². The van der Waals surface area contributed by atoms with Gasteiger partial charge in [0, 0.05) is 43.8 Å². The van der Waals surface area contributed by atoms with Crippen LogP contribution in [0.2, 0.25) is 0 Å². The van der Waals surface area contributed by atoms with E-state index in [4.69, 9.17) is 18.8 Å². The van der Waals surface area contributed by atoms with Gasteiger partial charge in [0.2, 0.25) is 0 Å². The van der Waals surface area contributed by atoms with Gasteiger partial charge in [0.25, 0.3) is 0 Å². The third-order valence-corrected chi connectivity index (χ3v) is 10.3. The lowest BCUT2D eigenvalue weighted by Gasteiger charge is -2.24. The summed E-state index contributed by atoms with van der Waals surface area (Å²) in [6.45, 7) is 0. The van der Waals surface area contributed by atoms with Crippen LogP contribution in [0.4, 0.5) is 0 Å². The van der Waals surface area contributed by atoms with Crippen molar-refractivity contribution in [3.63, 3.8) is 0 Å². The molecule has 5 nitrogen and oxygen atoms in total. The zero-order valence-corrected chi connectivity index (χ0v) is 27.9. The van der Waals surface area contributed by atoms with Crippen molar-refractivity contribution in [1.29, 1.82) is 0 Å². The molecule has 11 rings (SSSR count). The lowest BCUT2D eigenvalue weighted by Crippen LogP contribution is -2.33. The van der Waals surface area contributed by atoms with Gasteiger partial charge in [-0.2, -0.15) is 0 Å². The maximum absolute atomic E-state index is 6.76. The first kappa shape index (κ1) is 28.8. The van der Waals surface area contributed by atoms with Gasteiger partial charge in [0.1, 0.15) is 34.3 Å². The summed E-state index contributed by atoms with van der Waals surface area (Å²) < 4.78 is 13.0. The molecule has 2 aromatic heterocycles. The first-order valence-corrected chi connectivity index (χ1v) is 17.5. The molecule has 5 heteroatoms. The van der Waals surface area contributed by atoms with Crippen LogP contribution in [0.3, 0.4) is 0 Å². The molecule has 0 spiro atoms. The van der Waals surface area contributed by atoms with Gasteiger partial charge in [0.05, 0.1) is 0 Å². The Morgan fingerprint density at radius 1 is 0.462 bits per heavy atom. The number of hydrogen-bond acceptors (Lipinski definition) is 5. The van der Waals surface area contributed by atoms with Crippen molar-refractivity contribution in [3.05, 3.63) is 180 Å². The fourth-order valence-electron chi connectivity index (χ4n) is 7.91. The molecule has 1 N–H and O–H groups in total. The van der Waals surface area contributed by atoms with Gasteiger partial charge >= 0.3 is 0 Å². The van der Waals surface area contributed by atoms with E-state index < -0.39 is 6.17 Å². The Hall–Kier alpha value is -6.98. The van der Waals surface area contributed by atoms with Crippen molar-refractivity contribution in [2.45, 2.75) is 6.17 Å². The number of amidine groups is 2. The largest absolute Gasteiger partial charge is 0.456 e. The number of nitrogens with zero attached hydrogens (tertiary/aromatic N) is 2. The topological polar surface area (TPSA) is 63.0 Å². The zero-order valence-electron chi connectivity index (χ0n) is 27.9. The van der Waals surface area contributed by atoms with Crippen LogP contribution in [0.1, 0.15) is 22.9 Å². The number of para-hydroxylation sites is 2. The van der Waals surface area contributed by atoms with E-state index in [2.05, 4.69) is 108 Å². The highest BCUT2D eigenvalue weighted by Gasteiger charge is 2.27. The first-order valence-electron chi connectivity index (χ1n) is 17.5. The van der Waals surface area contributed by atoms with Crippen molar-refractivity contribution in [2.24, 2.45) is 9.98 Å². The Bertz CT molecular complexity index is 3110. The van der Waals surface area contributed by atoms with Crippen LogP contribution in [0.15, 0.2) is 183 Å². The van der Waals surface area contributed by atoms with Gasteiger partial charge in [-0.25, -0.2) is 9.98 Å². The highest BCUT2D eigenvalue weighted by Crippen LogP contribution is 2.41. The predicted molar refractivity (Wildman–Crippen MR) is 213 cm³/mol. The predicted octanol–water partition coefficient (Wildman–Crippen LogP) is 12.0. The Labute approximate surface area is 298 Å². The zero-order chi connectivity index (χ0) is 34.2. The van der Waals surface area contributed by atoms with Crippen LogP contribution in [0.5, 0.6) is 0 Å². The van der Waals surface area contributed by atoms with Crippen LogP contribution in [0, 0.1) is 0 Å². The summed E-state index contributed by atoms with van der Waals surface area (Å²) >= 11 is 0. The number of aliphatic imine (C=N–C) groups is 2. The second-order valence-electron chi connectivity index (χ2n) is 13.3. The number of hydrogen-bond donors (Lipinski definition) is 1. The molecule has 8 aromatic carbocycles. The third kappa shape index (κ3) is 4.42. The molecule has 0 radical (unpaired) electrons. The second-order valence-corrected chi connectivity index (χ2v) is 13.3. The molecule has 1 aliphatic rings. The number of benzene rings is 8. The van der Waals surface area contributed by atoms with Crippen molar-refractivity contribution in [1.82, 2.24) is 5.32 Å². The maximum atomic E-state index is 6.76. The van der Waals surface area contributed by atoms with Crippen molar-refractivity contribution >= 4 is 77.1 Å². The Kier molecular flexibility index (Phi) is 6.25. The van der Waals surface area contributed by atoms with Gasteiger partial charge in [-0.1, -0.05) is 127 Å². The quantitative estimate of drug-likeness (QED) is 0.190. The van der Waals surface area contributed by atoms with Gasteiger partial charge in [0.15, 0.2) is 5.84 Å². The van der Waals surface area contributed by atoms with E-state index >= 15 is 0 Å². The summed E-state index contributed by atoms with van der Waals surface area (Å²) in [5, 5.41) is 12.7. The lowest BCUT2D eigenvalue weighted by molar-refractivity contribution is 0.662. The molecule has 52 heavy (non-hydrogen) atoms. The van der Waals surface area contributed by atoms with Crippen LogP contribution >= 0.6 is 0 Å². The van der Waals surface area contributed by atoms with E-state index in [9.17, 15) is 0 Å². The molecule has 0 amide bonds. The maximum Gasteiger partial charge on any atom is 0.160 e. The molecule has 1 aliphatic heterocycles. The molecule has 10 aromatic rings. The smallest absolute Gasteiger partial charge is 0.160 e. The number of furan rings is 2. The minimum atomic E-state index is -0.422. The lowest BCUT2D eigenvalue weighted by atomic mass is 9.94. The molecule has 3 heterocycles. The van der Waals surface area contributed by atoms with E-state index in [1.807, 2.05) is 60.7 Å². The van der Waals surface area contributed by atoms with Gasteiger partial charge in [-0.3, -0.25) is 0 Å². The fourth-order valence-corrected chi connectivity index (χ4v) is 7.91. The summed E-state index contributed by atoms with van der Waals surface area (Å²) in [5.41, 5.74) is 8.37. The SMILES string of the molecule is c1ccc(C2=NC(c3ccc(-c4ccc5ccc6ccccc6c5c4)c4oc5ccccc5c34)=NC(c3cccc4oc5ccccc5c34)N2)cc1. The van der Waals surface area contributed by atoms with E-state index in [-0.39, 0.29) is 0 Å². The number of nitrogens with one attached hydrogen (secondary N) is 1. The Morgan fingerprint density at radius 2 is 1.12 bits per heavy atom. The molecule has 0 fully saturated rings. The van der Waals surface area contributed by atoms with Crippen molar-refractivity contribution < 1.29 is 8.83 Å². The summed E-state index contributed by atoms with van der Waals surface area (Å²) in [7, 11) is 0. The van der Waals surface area contributed by atoms with Crippen LogP contribution in [0.25, 0.3) is 76.5 Å². The van der Waals surface area contributed by atoms with E-state index in [1.165, 1.54) is 21.5 Å². The third-order valence-electron chi connectivity index (χ3n) is 10.3. The summed E-state index contributed by atoms with van der Waals surface area (Å²) in [4.78, 5) is 10.6. The molecule has 0 saturated carbocycles. The average Bonchev–Trinajstić information content (AvgIpc) is 3.80. The van der Waals surface area contributed by atoms with Crippen LogP contribution in [-0.2, 0) is 0 Å². The monoisotopic (exact) mass is 667 g/mol. The molecule has 244 valence electrons. The second kappa shape index (κ2) is 11.3. The molecule has 0 bridgehead atoms. The van der Waals surface area contributed by atoms with Gasteiger partial charge in [-0.15, -0.1) is 0 Å². The standard InChI is InChI=1S/C47H29N3O2/c1-2-12-30(13-3-1)45-48-46(36-17-10-20-41-42(36)34-15-6-8-18-39(34)51-41)50-47(49-45)37-26-25-33(44-43(37)35-16-7-9-19-40(35)52-44)31-24-23-29-22-21-28-11-4-5-14-32(28)38(29)27-31/h1-27,46H,(H,48,49,50). The highest BCUT2D eigenvalue weighted by molar-refractivity contribution is 6.24. The minimum Gasteiger partial charge on any atom is -0.456 e. The van der Waals surface area contributed by atoms with Crippen molar-refractivity contribution in [3.8, 4) is 11.1 Å². The summed E-state index contributed by atoms with van der Waals surface area (Å²) in [6.07, 6.45) is -0.422. The van der Waals surface area contributed by atoms with Crippen LogP contribution in [-0.4, -0.2) is 11.7 Å². The Balaban J connectivity index is 1.15. The summed E-state index contributed by atoms with van der Waals surface area (Å²) in [6, 6.07) is 56.8.